The molecule has 0 aliphatic carbocycles. The van der Waals surface area contributed by atoms with Gasteiger partial charge in [0.1, 0.15) is 0 Å². The van der Waals surface area contributed by atoms with Crippen LogP contribution in [0.1, 0.15) is 25.5 Å². The lowest BCUT2D eigenvalue weighted by atomic mass is 10.2. The Kier molecular flexibility index (Phi) is 2.18. The Morgan fingerprint density at radius 1 is 1.47 bits per heavy atom. The van der Waals surface area contributed by atoms with E-state index < -0.39 is 0 Å². The summed E-state index contributed by atoms with van der Waals surface area (Å²) in [7, 11) is 0. The van der Waals surface area contributed by atoms with Crippen molar-refractivity contribution in [3.05, 3.63) is 30.5 Å². The van der Waals surface area contributed by atoms with E-state index in [-0.39, 0.29) is 6.23 Å². The van der Waals surface area contributed by atoms with Gasteiger partial charge in [-0.05, 0) is 31.4 Å². The van der Waals surface area contributed by atoms with Gasteiger partial charge in [0.25, 0.3) is 0 Å². The molecule has 3 heteroatoms. The smallest absolute Gasteiger partial charge is 0.150 e. The number of aromatic nitrogens is 2. The second-order valence-corrected chi connectivity index (χ2v) is 3.88. The molecular formula is C12H13N2O. The van der Waals surface area contributed by atoms with Gasteiger partial charge in [-0.15, -0.1) is 0 Å². The van der Waals surface area contributed by atoms with Gasteiger partial charge in [-0.25, -0.2) is 4.68 Å². The fourth-order valence-electron chi connectivity index (χ4n) is 2.07. The fourth-order valence-corrected chi connectivity index (χ4v) is 2.07. The van der Waals surface area contributed by atoms with E-state index in [1.807, 2.05) is 23.0 Å². The van der Waals surface area contributed by atoms with Crippen molar-refractivity contribution in [2.75, 3.05) is 6.61 Å². The molecule has 3 nitrogen and oxygen atoms in total. The Balaban J connectivity index is 2.02. The van der Waals surface area contributed by atoms with Crippen molar-refractivity contribution in [3.63, 3.8) is 0 Å². The van der Waals surface area contributed by atoms with Gasteiger partial charge in [-0.3, -0.25) is 0 Å². The Hall–Kier alpha value is -1.35. The van der Waals surface area contributed by atoms with Gasteiger partial charge < -0.3 is 4.74 Å². The first-order valence-electron chi connectivity index (χ1n) is 5.41. The van der Waals surface area contributed by atoms with Gasteiger partial charge in [0, 0.05) is 12.0 Å². The maximum Gasteiger partial charge on any atom is 0.150 e. The van der Waals surface area contributed by atoms with Crippen molar-refractivity contribution in [2.24, 2.45) is 0 Å². The first-order chi connectivity index (χ1) is 7.45. The molecule has 1 radical (unpaired) electrons. The van der Waals surface area contributed by atoms with Crippen molar-refractivity contribution in [2.45, 2.75) is 25.5 Å². The van der Waals surface area contributed by atoms with Crippen LogP contribution in [-0.4, -0.2) is 16.4 Å². The molecule has 3 rings (SSSR count). The van der Waals surface area contributed by atoms with E-state index in [0.717, 1.165) is 23.9 Å². The van der Waals surface area contributed by atoms with Gasteiger partial charge in [-0.1, -0.05) is 12.1 Å². The summed E-state index contributed by atoms with van der Waals surface area (Å²) < 4.78 is 7.69. The van der Waals surface area contributed by atoms with Gasteiger partial charge in [0.15, 0.2) is 6.23 Å². The predicted octanol–water partition coefficient (Wildman–Crippen LogP) is 2.54. The van der Waals surface area contributed by atoms with Crippen molar-refractivity contribution >= 4 is 10.9 Å². The summed E-state index contributed by atoms with van der Waals surface area (Å²) in [6.45, 7) is 0.850. The highest BCUT2D eigenvalue weighted by atomic mass is 16.5. The first kappa shape index (κ1) is 8.92. The maximum absolute atomic E-state index is 5.72. The molecule has 15 heavy (non-hydrogen) atoms. The summed E-state index contributed by atoms with van der Waals surface area (Å²) in [6.07, 6.45) is 5.43. The third kappa shape index (κ3) is 1.53. The number of nitrogens with zero attached hydrogens (tertiary/aromatic N) is 2. The zero-order valence-electron chi connectivity index (χ0n) is 8.52. The molecule has 1 aliphatic rings. The Labute approximate surface area is 88.7 Å². The normalized spacial score (nSPS) is 22.0. The minimum atomic E-state index is 0.118. The molecule has 1 aliphatic heterocycles. The molecule has 1 unspecified atom stereocenters. The Bertz CT molecular complexity index is 457. The number of hydrogen-bond donors (Lipinski definition) is 0. The number of fused-ring (bicyclic) bond motifs is 1. The van der Waals surface area contributed by atoms with Crippen molar-refractivity contribution in [1.82, 2.24) is 9.78 Å². The standard InChI is InChI=1S/C12H13N2O/c1-2-6-11-10(5-1)9-13-14(11)12-7-3-4-8-15-12/h1-2,6,9,12H,3-4,7-8H2. The minimum absolute atomic E-state index is 0.118. The Morgan fingerprint density at radius 3 is 3.33 bits per heavy atom. The zero-order chi connectivity index (χ0) is 10.1. The molecule has 77 valence electrons. The topological polar surface area (TPSA) is 27.1 Å². The van der Waals surface area contributed by atoms with Crippen LogP contribution in [0.2, 0.25) is 0 Å². The fraction of sp³-hybridized carbons (Fsp3) is 0.417. The van der Waals surface area contributed by atoms with E-state index in [4.69, 9.17) is 4.74 Å². The lowest BCUT2D eigenvalue weighted by molar-refractivity contribution is -0.0366. The quantitative estimate of drug-likeness (QED) is 0.709. The number of benzene rings is 1. The molecular weight excluding hydrogens is 188 g/mol. The predicted molar refractivity (Wildman–Crippen MR) is 57.4 cm³/mol. The molecule has 2 aromatic rings. The van der Waals surface area contributed by atoms with Crippen LogP contribution in [0.4, 0.5) is 0 Å². The summed E-state index contributed by atoms with van der Waals surface area (Å²) in [5.74, 6) is 0. The van der Waals surface area contributed by atoms with Crippen molar-refractivity contribution in [1.29, 1.82) is 0 Å². The van der Waals surface area contributed by atoms with E-state index in [0.29, 0.717) is 0 Å². The highest BCUT2D eigenvalue weighted by molar-refractivity contribution is 5.77. The van der Waals surface area contributed by atoms with Gasteiger partial charge >= 0.3 is 0 Å². The van der Waals surface area contributed by atoms with Crippen LogP contribution in [0.15, 0.2) is 24.4 Å². The molecule has 0 spiro atoms. The van der Waals surface area contributed by atoms with Gasteiger partial charge in [0.05, 0.1) is 11.7 Å². The molecule has 1 aromatic heterocycles. The molecule has 1 fully saturated rings. The molecule has 1 aromatic carbocycles. The number of ether oxygens (including phenoxy) is 1. The highest BCUT2D eigenvalue weighted by Gasteiger charge is 2.17. The summed E-state index contributed by atoms with van der Waals surface area (Å²) in [5.41, 5.74) is 1.12. The van der Waals surface area contributed by atoms with Gasteiger partial charge in [0.2, 0.25) is 0 Å². The molecule has 1 saturated heterocycles. The molecule has 0 N–H and O–H groups in total. The van der Waals surface area contributed by atoms with E-state index in [1.165, 1.54) is 12.8 Å². The summed E-state index contributed by atoms with van der Waals surface area (Å²) in [6, 6.07) is 9.14. The second kappa shape index (κ2) is 3.66. The van der Waals surface area contributed by atoms with Crippen LogP contribution in [-0.2, 0) is 4.74 Å². The summed E-state index contributed by atoms with van der Waals surface area (Å²) >= 11 is 0. The van der Waals surface area contributed by atoms with E-state index in [9.17, 15) is 0 Å². The monoisotopic (exact) mass is 201 g/mol. The average Bonchev–Trinajstić information content (AvgIpc) is 2.74. The molecule has 1 atom stereocenters. The van der Waals surface area contributed by atoms with Crippen LogP contribution in [0, 0.1) is 6.07 Å². The molecule has 0 bridgehead atoms. The van der Waals surface area contributed by atoms with Crippen molar-refractivity contribution in [3.8, 4) is 0 Å². The number of hydrogen-bond acceptors (Lipinski definition) is 2. The van der Waals surface area contributed by atoms with E-state index >= 15 is 0 Å². The second-order valence-electron chi connectivity index (χ2n) is 3.88. The SMILES string of the molecule is [c]1cccc2c1cnn2C1CCCCO1. The minimum Gasteiger partial charge on any atom is -0.356 e. The third-order valence-electron chi connectivity index (χ3n) is 2.85. The Morgan fingerprint density at radius 2 is 2.47 bits per heavy atom. The third-order valence-corrected chi connectivity index (χ3v) is 2.85. The van der Waals surface area contributed by atoms with Crippen LogP contribution in [0.3, 0.4) is 0 Å². The molecule has 0 saturated carbocycles. The lowest BCUT2D eigenvalue weighted by Crippen LogP contribution is -2.18. The first-order valence-corrected chi connectivity index (χ1v) is 5.41. The van der Waals surface area contributed by atoms with E-state index in [2.05, 4.69) is 17.2 Å². The zero-order valence-corrected chi connectivity index (χ0v) is 8.52. The van der Waals surface area contributed by atoms with Gasteiger partial charge in [-0.2, -0.15) is 5.10 Å². The summed E-state index contributed by atoms with van der Waals surface area (Å²) in [5, 5.41) is 5.44. The maximum atomic E-state index is 5.72. The molecule has 0 amide bonds. The van der Waals surface area contributed by atoms with Crippen LogP contribution in [0.25, 0.3) is 10.9 Å². The average molecular weight is 201 g/mol. The highest BCUT2D eigenvalue weighted by Crippen LogP contribution is 2.25. The van der Waals surface area contributed by atoms with Crippen LogP contribution < -0.4 is 0 Å². The number of rotatable bonds is 1. The van der Waals surface area contributed by atoms with E-state index in [1.54, 1.807) is 0 Å². The van der Waals surface area contributed by atoms with Crippen LogP contribution >= 0.6 is 0 Å². The largest absolute Gasteiger partial charge is 0.356 e. The molecule has 2 heterocycles. The van der Waals surface area contributed by atoms with Crippen LogP contribution in [0.5, 0.6) is 0 Å². The van der Waals surface area contributed by atoms with Crippen molar-refractivity contribution < 1.29 is 4.74 Å². The lowest BCUT2D eigenvalue weighted by Gasteiger charge is -2.23. The summed E-state index contributed by atoms with van der Waals surface area (Å²) in [4.78, 5) is 0.